The summed E-state index contributed by atoms with van der Waals surface area (Å²) >= 11 is 0. The molecule has 3 nitrogen and oxygen atoms in total. The molecule has 122 valence electrons. The molecule has 0 atom stereocenters. The Hall–Kier alpha value is -3.59. The van der Waals surface area contributed by atoms with Crippen LogP contribution in [0.15, 0.2) is 91.1 Å². The molecule has 0 aliphatic rings. The van der Waals surface area contributed by atoms with Crippen molar-refractivity contribution in [2.75, 3.05) is 0 Å². The lowest BCUT2D eigenvalue weighted by Gasteiger charge is -2.09. The fourth-order valence-corrected chi connectivity index (χ4v) is 3.22. The maximum atomic E-state index is 4.87. The summed E-state index contributed by atoms with van der Waals surface area (Å²) in [4.78, 5) is 14.1. The van der Waals surface area contributed by atoms with Gasteiger partial charge in [0.25, 0.3) is 0 Å². The van der Waals surface area contributed by atoms with E-state index < -0.39 is 0 Å². The highest BCUT2D eigenvalue weighted by Gasteiger charge is 2.12. The zero-order valence-electron chi connectivity index (χ0n) is 14.0. The number of nitrogens with zero attached hydrogens (tertiary/aromatic N) is 3. The Labute approximate surface area is 151 Å². The predicted octanol–water partition coefficient (Wildman–Crippen LogP) is 5.51. The molecule has 0 aliphatic heterocycles. The molecule has 0 amide bonds. The Morgan fingerprint density at radius 2 is 1.38 bits per heavy atom. The van der Waals surface area contributed by atoms with Crippen molar-refractivity contribution in [3.05, 3.63) is 91.1 Å². The van der Waals surface area contributed by atoms with E-state index in [1.54, 1.807) is 6.20 Å². The smallest absolute Gasteiger partial charge is 0.160 e. The van der Waals surface area contributed by atoms with Gasteiger partial charge >= 0.3 is 0 Å². The normalized spacial score (nSPS) is 11.1. The van der Waals surface area contributed by atoms with E-state index in [0.717, 1.165) is 27.9 Å². The Balaban J connectivity index is 1.80. The summed E-state index contributed by atoms with van der Waals surface area (Å²) < 4.78 is 0. The van der Waals surface area contributed by atoms with Crippen LogP contribution < -0.4 is 0 Å². The van der Waals surface area contributed by atoms with E-state index in [-0.39, 0.29) is 0 Å². The molecule has 5 aromatic rings. The van der Waals surface area contributed by atoms with Gasteiger partial charge < -0.3 is 0 Å². The quantitative estimate of drug-likeness (QED) is 0.427. The van der Waals surface area contributed by atoms with Crippen LogP contribution >= 0.6 is 0 Å². The second-order valence-corrected chi connectivity index (χ2v) is 6.19. The van der Waals surface area contributed by atoms with Gasteiger partial charge in [0, 0.05) is 17.3 Å². The average molecular weight is 333 g/mol. The van der Waals surface area contributed by atoms with E-state index >= 15 is 0 Å². The summed E-state index contributed by atoms with van der Waals surface area (Å²) in [5.74, 6) is 0.717. The molecule has 0 bridgehead atoms. The van der Waals surface area contributed by atoms with Crippen LogP contribution in [0.5, 0.6) is 0 Å². The summed E-state index contributed by atoms with van der Waals surface area (Å²) in [7, 11) is 0. The molecule has 0 spiro atoms. The maximum absolute atomic E-state index is 4.87. The predicted molar refractivity (Wildman–Crippen MR) is 106 cm³/mol. The Bertz CT molecular complexity index is 1230. The summed E-state index contributed by atoms with van der Waals surface area (Å²) in [6.45, 7) is 0. The molecule has 3 heteroatoms. The van der Waals surface area contributed by atoms with E-state index in [9.17, 15) is 0 Å². The van der Waals surface area contributed by atoms with Crippen molar-refractivity contribution in [3.8, 4) is 22.6 Å². The van der Waals surface area contributed by atoms with Crippen molar-refractivity contribution in [2.24, 2.45) is 0 Å². The highest BCUT2D eigenvalue weighted by atomic mass is 14.9. The van der Waals surface area contributed by atoms with Gasteiger partial charge in [0.15, 0.2) is 5.82 Å². The molecule has 0 N–H and O–H groups in total. The van der Waals surface area contributed by atoms with E-state index in [0.29, 0.717) is 5.82 Å². The summed E-state index contributed by atoms with van der Waals surface area (Å²) in [6, 6.07) is 28.7. The number of aromatic nitrogens is 3. The summed E-state index contributed by atoms with van der Waals surface area (Å²) in [6.07, 6.45) is 1.79. The molecule has 0 saturated heterocycles. The van der Waals surface area contributed by atoms with Gasteiger partial charge in [-0.25, -0.2) is 9.97 Å². The van der Waals surface area contributed by atoms with Crippen molar-refractivity contribution in [2.45, 2.75) is 0 Å². The third-order valence-electron chi connectivity index (χ3n) is 4.51. The van der Waals surface area contributed by atoms with Gasteiger partial charge in [-0.1, -0.05) is 66.7 Å². The van der Waals surface area contributed by atoms with Gasteiger partial charge in [-0.2, -0.15) is 0 Å². The molecule has 2 aromatic heterocycles. The summed E-state index contributed by atoms with van der Waals surface area (Å²) in [5, 5.41) is 2.40. The minimum atomic E-state index is 0.717. The number of fused-ring (bicyclic) bond motifs is 2. The number of hydrogen-bond donors (Lipinski definition) is 0. The number of pyridine rings is 1. The van der Waals surface area contributed by atoms with Crippen LogP contribution in [0.1, 0.15) is 0 Å². The van der Waals surface area contributed by atoms with Crippen LogP contribution in [-0.2, 0) is 0 Å². The summed E-state index contributed by atoms with van der Waals surface area (Å²) in [5.41, 5.74) is 4.58. The van der Waals surface area contributed by atoms with E-state index in [1.807, 2.05) is 42.5 Å². The molecule has 3 aromatic carbocycles. The number of rotatable bonds is 2. The van der Waals surface area contributed by atoms with Crippen molar-refractivity contribution in [3.63, 3.8) is 0 Å². The second kappa shape index (κ2) is 6.05. The van der Waals surface area contributed by atoms with Crippen LogP contribution in [0.25, 0.3) is 44.5 Å². The topological polar surface area (TPSA) is 38.7 Å². The van der Waals surface area contributed by atoms with E-state index in [1.165, 1.54) is 10.8 Å². The molecular weight excluding hydrogens is 318 g/mol. The van der Waals surface area contributed by atoms with Crippen LogP contribution in [0.2, 0.25) is 0 Å². The number of benzene rings is 3. The molecule has 0 fully saturated rings. The fraction of sp³-hybridized carbons (Fsp3) is 0. The zero-order valence-corrected chi connectivity index (χ0v) is 14.0. The monoisotopic (exact) mass is 333 g/mol. The molecule has 5 rings (SSSR count). The first-order valence-electron chi connectivity index (χ1n) is 8.56. The molecule has 26 heavy (non-hydrogen) atoms. The van der Waals surface area contributed by atoms with Crippen molar-refractivity contribution >= 4 is 21.8 Å². The number of hydrogen-bond acceptors (Lipinski definition) is 3. The Morgan fingerprint density at radius 3 is 2.27 bits per heavy atom. The van der Waals surface area contributed by atoms with Crippen molar-refractivity contribution in [1.29, 1.82) is 0 Å². The van der Waals surface area contributed by atoms with Gasteiger partial charge in [0.05, 0.1) is 5.52 Å². The largest absolute Gasteiger partial charge is 0.252 e. The van der Waals surface area contributed by atoms with Crippen LogP contribution in [0.4, 0.5) is 0 Å². The van der Waals surface area contributed by atoms with Gasteiger partial charge in [-0.3, -0.25) is 4.98 Å². The molecule has 2 heterocycles. The van der Waals surface area contributed by atoms with Gasteiger partial charge in [0.1, 0.15) is 11.2 Å². The first-order chi connectivity index (χ1) is 12.9. The molecule has 0 radical (unpaired) electrons. The van der Waals surface area contributed by atoms with Gasteiger partial charge in [0.2, 0.25) is 0 Å². The molecular formula is C23H15N3. The van der Waals surface area contributed by atoms with Crippen LogP contribution in [0.3, 0.4) is 0 Å². The average Bonchev–Trinajstić information content (AvgIpc) is 2.73. The highest BCUT2D eigenvalue weighted by molar-refractivity contribution is 5.94. The maximum Gasteiger partial charge on any atom is 0.160 e. The third-order valence-corrected chi connectivity index (χ3v) is 4.51. The molecule has 0 saturated carbocycles. The third kappa shape index (κ3) is 2.50. The minimum absolute atomic E-state index is 0.717. The highest BCUT2D eigenvalue weighted by Crippen LogP contribution is 2.29. The molecule has 0 unspecified atom stereocenters. The van der Waals surface area contributed by atoms with Crippen molar-refractivity contribution in [1.82, 2.24) is 15.0 Å². The second-order valence-electron chi connectivity index (χ2n) is 6.19. The van der Waals surface area contributed by atoms with Crippen molar-refractivity contribution < 1.29 is 0 Å². The fourth-order valence-electron chi connectivity index (χ4n) is 3.22. The first-order valence-corrected chi connectivity index (χ1v) is 8.56. The van der Waals surface area contributed by atoms with E-state index in [4.69, 9.17) is 9.97 Å². The lowest BCUT2D eigenvalue weighted by molar-refractivity contribution is 1.21. The van der Waals surface area contributed by atoms with Gasteiger partial charge in [-0.15, -0.1) is 0 Å². The molecule has 0 aliphatic carbocycles. The zero-order chi connectivity index (χ0) is 17.3. The van der Waals surface area contributed by atoms with Crippen LogP contribution in [-0.4, -0.2) is 15.0 Å². The van der Waals surface area contributed by atoms with Crippen LogP contribution in [0, 0.1) is 0 Å². The lowest BCUT2D eigenvalue weighted by Crippen LogP contribution is -1.96. The van der Waals surface area contributed by atoms with Gasteiger partial charge in [-0.05, 0) is 29.0 Å². The standard InChI is InChI=1S/C23H15N3/c1-2-8-17(9-3-1)23-25-20-11-6-14-24-22(20)21(26-23)19-13-12-16-7-4-5-10-18(16)15-19/h1-15H. The SMILES string of the molecule is c1ccc(-c2nc(-c3ccc4ccccc4c3)c3ncccc3n2)cc1. The lowest BCUT2D eigenvalue weighted by atomic mass is 10.0. The minimum Gasteiger partial charge on any atom is -0.252 e. The Morgan fingerprint density at radius 1 is 0.577 bits per heavy atom. The van der Waals surface area contributed by atoms with E-state index in [2.05, 4.69) is 47.4 Å². The Kier molecular flexibility index (Phi) is 3.42. The first kappa shape index (κ1) is 14.7.